The molecule has 1 saturated carbocycles. The number of rotatable bonds is 4. The third-order valence-corrected chi connectivity index (χ3v) is 4.15. The first kappa shape index (κ1) is 12.9. The average molecular weight is 244 g/mol. The van der Waals surface area contributed by atoms with Crippen molar-refractivity contribution in [1.29, 1.82) is 0 Å². The van der Waals surface area contributed by atoms with Crippen LogP contribution in [-0.4, -0.2) is 11.4 Å². The minimum atomic E-state index is -0.171. The van der Waals surface area contributed by atoms with Crippen molar-refractivity contribution in [2.45, 2.75) is 38.0 Å². The Labute approximate surface area is 108 Å². The minimum Gasteiger partial charge on any atom is -0.508 e. The molecule has 0 atom stereocenters. The molecule has 0 heterocycles. The maximum absolute atomic E-state index is 11.3. The summed E-state index contributed by atoms with van der Waals surface area (Å²) in [5.74, 6) is 0.826. The molecule has 0 saturated heterocycles. The number of aldehydes is 1. The van der Waals surface area contributed by atoms with Gasteiger partial charge in [-0.15, -0.1) is 6.58 Å². The SMILES string of the molecule is C=CCC1(C=O)CCC(c2ccc(O)cc2)CC1. The highest BCUT2D eigenvalue weighted by Crippen LogP contribution is 2.44. The zero-order chi connectivity index (χ0) is 13.0. The second-order valence-electron chi connectivity index (χ2n) is 5.34. The molecule has 1 aromatic rings. The van der Waals surface area contributed by atoms with Crippen LogP contribution in [0.4, 0.5) is 0 Å². The lowest BCUT2D eigenvalue weighted by atomic mass is 9.68. The average Bonchev–Trinajstić information content (AvgIpc) is 2.41. The van der Waals surface area contributed by atoms with E-state index in [-0.39, 0.29) is 5.41 Å². The second-order valence-corrected chi connectivity index (χ2v) is 5.34. The summed E-state index contributed by atoms with van der Waals surface area (Å²) in [6.07, 6.45) is 7.73. The number of allylic oxidation sites excluding steroid dienone is 1. The van der Waals surface area contributed by atoms with Crippen molar-refractivity contribution in [1.82, 2.24) is 0 Å². The molecular formula is C16H20O2. The van der Waals surface area contributed by atoms with E-state index < -0.39 is 0 Å². The lowest BCUT2D eigenvalue weighted by molar-refractivity contribution is -0.117. The van der Waals surface area contributed by atoms with E-state index in [1.54, 1.807) is 12.1 Å². The zero-order valence-corrected chi connectivity index (χ0v) is 10.6. The van der Waals surface area contributed by atoms with Crippen molar-refractivity contribution < 1.29 is 9.90 Å². The Kier molecular flexibility index (Phi) is 3.85. The molecule has 18 heavy (non-hydrogen) atoms. The lowest BCUT2D eigenvalue weighted by Crippen LogP contribution is -2.27. The van der Waals surface area contributed by atoms with E-state index in [2.05, 4.69) is 6.58 Å². The van der Waals surface area contributed by atoms with Gasteiger partial charge in [-0.25, -0.2) is 0 Å². The Bertz CT molecular complexity index is 411. The molecule has 1 N–H and O–H groups in total. The Morgan fingerprint density at radius 3 is 2.39 bits per heavy atom. The Hall–Kier alpha value is -1.57. The van der Waals surface area contributed by atoms with Gasteiger partial charge in [0, 0.05) is 5.41 Å². The highest BCUT2D eigenvalue weighted by molar-refractivity contribution is 5.60. The highest BCUT2D eigenvalue weighted by Gasteiger charge is 2.34. The Morgan fingerprint density at radius 2 is 1.89 bits per heavy atom. The molecule has 0 amide bonds. The summed E-state index contributed by atoms with van der Waals surface area (Å²) >= 11 is 0. The maximum atomic E-state index is 11.3. The molecule has 2 heteroatoms. The number of hydrogen-bond donors (Lipinski definition) is 1. The topological polar surface area (TPSA) is 37.3 Å². The van der Waals surface area contributed by atoms with Gasteiger partial charge in [0.1, 0.15) is 12.0 Å². The van der Waals surface area contributed by atoms with Crippen molar-refractivity contribution in [2.24, 2.45) is 5.41 Å². The van der Waals surface area contributed by atoms with Crippen LogP contribution in [0.25, 0.3) is 0 Å². The summed E-state index contributed by atoms with van der Waals surface area (Å²) in [5, 5.41) is 9.29. The smallest absolute Gasteiger partial charge is 0.126 e. The van der Waals surface area contributed by atoms with Gasteiger partial charge in [0.2, 0.25) is 0 Å². The highest BCUT2D eigenvalue weighted by atomic mass is 16.3. The van der Waals surface area contributed by atoms with Crippen molar-refractivity contribution in [3.63, 3.8) is 0 Å². The first-order valence-corrected chi connectivity index (χ1v) is 6.55. The molecule has 0 unspecified atom stereocenters. The number of carbonyl (C=O) groups excluding carboxylic acids is 1. The third kappa shape index (κ3) is 2.63. The first-order chi connectivity index (χ1) is 8.69. The quantitative estimate of drug-likeness (QED) is 0.646. The number of phenolic OH excluding ortho intramolecular Hbond substituents is 1. The fraction of sp³-hybridized carbons (Fsp3) is 0.438. The fourth-order valence-electron chi connectivity index (χ4n) is 2.93. The molecule has 0 bridgehead atoms. The van der Waals surface area contributed by atoms with E-state index in [1.807, 2.05) is 18.2 Å². The standard InChI is InChI=1S/C16H20O2/c1-2-9-16(12-17)10-7-14(8-11-16)13-3-5-15(18)6-4-13/h2-6,12,14,18H,1,7-11H2. The summed E-state index contributed by atoms with van der Waals surface area (Å²) in [7, 11) is 0. The van der Waals surface area contributed by atoms with Crippen LogP contribution < -0.4 is 0 Å². The number of carbonyl (C=O) groups is 1. The van der Waals surface area contributed by atoms with Gasteiger partial charge in [0.15, 0.2) is 0 Å². The predicted octanol–water partition coefficient (Wildman–Crippen LogP) is 3.81. The molecule has 2 rings (SSSR count). The van der Waals surface area contributed by atoms with Crippen LogP contribution in [0.5, 0.6) is 5.75 Å². The summed E-state index contributed by atoms with van der Waals surface area (Å²) in [6.45, 7) is 3.75. The fourth-order valence-corrected chi connectivity index (χ4v) is 2.93. The van der Waals surface area contributed by atoms with Gasteiger partial charge in [-0.2, -0.15) is 0 Å². The van der Waals surface area contributed by atoms with Gasteiger partial charge in [0.25, 0.3) is 0 Å². The maximum Gasteiger partial charge on any atom is 0.126 e. The van der Waals surface area contributed by atoms with Crippen LogP contribution in [0.3, 0.4) is 0 Å². The van der Waals surface area contributed by atoms with Crippen molar-refractivity contribution in [3.8, 4) is 5.75 Å². The van der Waals surface area contributed by atoms with Crippen LogP contribution in [0.1, 0.15) is 43.6 Å². The molecule has 1 fully saturated rings. The molecule has 0 aliphatic heterocycles. The second kappa shape index (κ2) is 5.38. The van der Waals surface area contributed by atoms with Crippen molar-refractivity contribution in [3.05, 3.63) is 42.5 Å². The summed E-state index contributed by atoms with van der Waals surface area (Å²) in [5.41, 5.74) is 1.10. The van der Waals surface area contributed by atoms with E-state index in [0.717, 1.165) is 38.4 Å². The minimum absolute atomic E-state index is 0.171. The van der Waals surface area contributed by atoms with Gasteiger partial charge in [-0.05, 0) is 55.7 Å². The van der Waals surface area contributed by atoms with E-state index >= 15 is 0 Å². The Morgan fingerprint density at radius 1 is 1.28 bits per heavy atom. The van der Waals surface area contributed by atoms with Gasteiger partial charge in [-0.3, -0.25) is 0 Å². The van der Waals surface area contributed by atoms with E-state index in [9.17, 15) is 9.90 Å². The molecule has 96 valence electrons. The zero-order valence-electron chi connectivity index (χ0n) is 10.6. The number of benzene rings is 1. The Balaban J connectivity index is 2.03. The number of hydrogen-bond acceptors (Lipinski definition) is 2. The van der Waals surface area contributed by atoms with Gasteiger partial charge >= 0.3 is 0 Å². The van der Waals surface area contributed by atoms with Crippen LogP contribution in [0.2, 0.25) is 0 Å². The number of phenols is 1. The number of aromatic hydroxyl groups is 1. The van der Waals surface area contributed by atoms with E-state index in [0.29, 0.717) is 11.7 Å². The van der Waals surface area contributed by atoms with Crippen LogP contribution in [0.15, 0.2) is 36.9 Å². The summed E-state index contributed by atoms with van der Waals surface area (Å²) in [6, 6.07) is 7.45. The normalized spacial score (nSPS) is 27.7. The first-order valence-electron chi connectivity index (χ1n) is 6.55. The van der Waals surface area contributed by atoms with E-state index in [4.69, 9.17) is 0 Å². The summed E-state index contributed by atoms with van der Waals surface area (Å²) < 4.78 is 0. The van der Waals surface area contributed by atoms with Crippen LogP contribution >= 0.6 is 0 Å². The molecule has 1 aromatic carbocycles. The van der Waals surface area contributed by atoms with Gasteiger partial charge < -0.3 is 9.90 Å². The molecule has 0 radical (unpaired) electrons. The van der Waals surface area contributed by atoms with Crippen molar-refractivity contribution in [2.75, 3.05) is 0 Å². The molecule has 1 aliphatic carbocycles. The molecule has 0 spiro atoms. The van der Waals surface area contributed by atoms with Crippen LogP contribution in [0, 0.1) is 5.41 Å². The molecule has 2 nitrogen and oxygen atoms in total. The third-order valence-electron chi connectivity index (χ3n) is 4.15. The van der Waals surface area contributed by atoms with Gasteiger partial charge in [0.05, 0.1) is 0 Å². The largest absolute Gasteiger partial charge is 0.508 e. The van der Waals surface area contributed by atoms with Crippen LogP contribution in [-0.2, 0) is 4.79 Å². The predicted molar refractivity (Wildman–Crippen MR) is 72.6 cm³/mol. The summed E-state index contributed by atoms with van der Waals surface area (Å²) in [4.78, 5) is 11.3. The van der Waals surface area contributed by atoms with Gasteiger partial charge in [-0.1, -0.05) is 18.2 Å². The lowest BCUT2D eigenvalue weighted by Gasteiger charge is -2.35. The molecule has 0 aromatic heterocycles. The molecular weight excluding hydrogens is 224 g/mol. The molecule has 1 aliphatic rings. The monoisotopic (exact) mass is 244 g/mol. The van der Waals surface area contributed by atoms with E-state index in [1.165, 1.54) is 5.56 Å². The van der Waals surface area contributed by atoms with Crippen molar-refractivity contribution >= 4 is 6.29 Å².